The van der Waals surface area contributed by atoms with E-state index in [1.165, 1.54) is 6.26 Å². The van der Waals surface area contributed by atoms with Gasteiger partial charge in [0.25, 0.3) is 0 Å². The average Bonchev–Trinajstić information content (AvgIpc) is 3.45. The van der Waals surface area contributed by atoms with Gasteiger partial charge in [-0.05, 0) is 30.9 Å². The van der Waals surface area contributed by atoms with Gasteiger partial charge in [-0.3, -0.25) is 9.10 Å². The fourth-order valence-electron chi connectivity index (χ4n) is 5.56. The second kappa shape index (κ2) is 9.74. The molecule has 0 saturated carbocycles. The topological polar surface area (TPSA) is 108 Å². The van der Waals surface area contributed by atoms with E-state index in [4.69, 9.17) is 9.97 Å². The maximum absolute atomic E-state index is 12.5. The van der Waals surface area contributed by atoms with Gasteiger partial charge in [0, 0.05) is 56.7 Å². The molecule has 9 nitrogen and oxygen atoms in total. The van der Waals surface area contributed by atoms with E-state index >= 15 is 0 Å². The molecule has 3 aliphatic rings. The van der Waals surface area contributed by atoms with E-state index in [1.807, 2.05) is 25.2 Å². The van der Waals surface area contributed by atoms with Gasteiger partial charge in [0.1, 0.15) is 5.82 Å². The highest BCUT2D eigenvalue weighted by molar-refractivity contribution is 7.99. The van der Waals surface area contributed by atoms with E-state index < -0.39 is 10.0 Å². The lowest BCUT2D eigenvalue weighted by Gasteiger charge is -2.31. The molecular weight excluding hydrogens is 496 g/mol. The van der Waals surface area contributed by atoms with Gasteiger partial charge in [0.2, 0.25) is 21.9 Å². The largest absolute Gasteiger partial charge is 0.364 e. The second-order valence-electron chi connectivity index (χ2n) is 10.0. The molecule has 1 unspecified atom stereocenters. The number of hydrogen-bond acceptors (Lipinski definition) is 8. The quantitative estimate of drug-likeness (QED) is 0.536. The van der Waals surface area contributed by atoms with Crippen molar-refractivity contribution in [3.05, 3.63) is 35.5 Å². The number of benzene rings is 1. The molecule has 0 bridgehead atoms. The molecular formula is C25H34N6O3S2. The van der Waals surface area contributed by atoms with Crippen molar-refractivity contribution in [1.29, 1.82) is 0 Å². The van der Waals surface area contributed by atoms with Gasteiger partial charge in [-0.15, -0.1) is 11.8 Å². The molecule has 1 aromatic carbocycles. The average molecular weight is 531 g/mol. The standard InChI is InChI=1S/C25H34N6O3S2/c1-4-25(16-31(36(3,33)34)20-8-6-5-7-18(20)25)12-13-26-24-28-19-11-14-35-22(19)23(29-24)27-17-9-10-21(32)30(2)15-17/h5-8,17H,4,9-16H2,1-3H3,(H2,26,27,28,29)/t17-,25?/m0/s1. The first-order valence-corrected chi connectivity index (χ1v) is 15.4. The maximum Gasteiger partial charge on any atom is 0.232 e. The van der Waals surface area contributed by atoms with E-state index in [9.17, 15) is 13.2 Å². The molecule has 2 aromatic rings. The molecule has 1 aromatic heterocycles. The lowest BCUT2D eigenvalue weighted by Crippen LogP contribution is -2.43. The summed E-state index contributed by atoms with van der Waals surface area (Å²) in [4.78, 5) is 24.4. The van der Waals surface area contributed by atoms with Crippen LogP contribution in [-0.2, 0) is 26.7 Å². The number of carbonyl (C=O) groups excluding carboxylic acids is 1. The molecule has 0 spiro atoms. The number of likely N-dealkylation sites (tertiary alicyclic amines) is 1. The van der Waals surface area contributed by atoms with Gasteiger partial charge in [0.15, 0.2) is 0 Å². The van der Waals surface area contributed by atoms with Crippen LogP contribution in [0.2, 0.25) is 0 Å². The Morgan fingerprint density at radius 2 is 2.03 bits per heavy atom. The summed E-state index contributed by atoms with van der Waals surface area (Å²) in [5.74, 6) is 2.61. The molecule has 36 heavy (non-hydrogen) atoms. The molecule has 11 heteroatoms. The molecule has 1 saturated heterocycles. The fourth-order valence-corrected chi connectivity index (χ4v) is 7.61. The van der Waals surface area contributed by atoms with Crippen LogP contribution in [0, 0.1) is 0 Å². The number of piperidine rings is 1. The molecule has 1 amide bonds. The predicted molar refractivity (Wildman–Crippen MR) is 144 cm³/mol. The van der Waals surface area contributed by atoms with Crippen LogP contribution >= 0.6 is 11.8 Å². The lowest BCUT2D eigenvalue weighted by molar-refractivity contribution is -0.132. The van der Waals surface area contributed by atoms with E-state index in [1.54, 1.807) is 21.0 Å². The first-order valence-electron chi connectivity index (χ1n) is 12.6. The number of para-hydroxylation sites is 1. The SMILES string of the molecule is CCC1(CCNc2nc3c(c(N[C@H]4CCC(=O)N(C)C4)n2)SCC3)CN(S(C)(=O)=O)c2ccccc21. The van der Waals surface area contributed by atoms with Crippen LogP contribution in [0.1, 0.15) is 43.9 Å². The number of fused-ring (bicyclic) bond motifs is 2. The molecule has 2 N–H and O–H groups in total. The minimum atomic E-state index is -3.36. The lowest BCUT2D eigenvalue weighted by atomic mass is 9.77. The van der Waals surface area contributed by atoms with Crippen LogP contribution < -0.4 is 14.9 Å². The van der Waals surface area contributed by atoms with Crippen molar-refractivity contribution in [2.75, 3.05) is 53.6 Å². The molecule has 4 heterocycles. The highest BCUT2D eigenvalue weighted by Crippen LogP contribution is 2.46. The second-order valence-corrected chi connectivity index (χ2v) is 13.0. The van der Waals surface area contributed by atoms with E-state index in [2.05, 4.69) is 23.6 Å². The number of nitrogens with zero attached hydrogens (tertiary/aromatic N) is 4. The van der Waals surface area contributed by atoms with Gasteiger partial charge in [0.05, 0.1) is 22.5 Å². The third-order valence-electron chi connectivity index (χ3n) is 7.64. The van der Waals surface area contributed by atoms with E-state index in [0.717, 1.165) is 59.1 Å². The number of amides is 1. The third kappa shape index (κ3) is 4.74. The Morgan fingerprint density at radius 3 is 2.78 bits per heavy atom. The van der Waals surface area contributed by atoms with Crippen LogP contribution in [0.25, 0.3) is 0 Å². The summed E-state index contributed by atoms with van der Waals surface area (Å²) in [6, 6.07) is 8.00. The number of hydrogen-bond donors (Lipinski definition) is 2. The first-order chi connectivity index (χ1) is 17.2. The minimum Gasteiger partial charge on any atom is -0.364 e. The molecule has 5 rings (SSSR count). The Balaban J connectivity index is 1.32. The Labute approximate surface area is 217 Å². The summed E-state index contributed by atoms with van der Waals surface area (Å²) in [5, 5.41) is 7.01. The number of thioether (sulfide) groups is 1. The van der Waals surface area contributed by atoms with Crippen molar-refractivity contribution < 1.29 is 13.2 Å². The molecule has 1 fully saturated rings. The van der Waals surface area contributed by atoms with Crippen molar-refractivity contribution in [2.24, 2.45) is 0 Å². The predicted octanol–water partition coefficient (Wildman–Crippen LogP) is 3.09. The van der Waals surface area contributed by atoms with Crippen molar-refractivity contribution in [1.82, 2.24) is 14.9 Å². The Hall–Kier alpha value is -2.53. The number of rotatable bonds is 8. The minimum absolute atomic E-state index is 0.168. The molecule has 0 aliphatic carbocycles. The van der Waals surface area contributed by atoms with Crippen LogP contribution in [0.3, 0.4) is 0 Å². The number of nitrogens with one attached hydrogen (secondary N) is 2. The zero-order valence-electron chi connectivity index (χ0n) is 21.1. The summed E-state index contributed by atoms with van der Waals surface area (Å²) in [6.45, 7) is 3.87. The summed E-state index contributed by atoms with van der Waals surface area (Å²) in [6.07, 6.45) is 5.12. The number of likely N-dealkylation sites (N-methyl/N-ethyl adjacent to an activating group) is 1. The van der Waals surface area contributed by atoms with Gasteiger partial charge >= 0.3 is 0 Å². The number of aromatic nitrogens is 2. The van der Waals surface area contributed by atoms with Crippen molar-refractivity contribution in [3.8, 4) is 0 Å². The Kier molecular flexibility index (Phi) is 6.80. The summed E-state index contributed by atoms with van der Waals surface area (Å²) >= 11 is 1.78. The highest BCUT2D eigenvalue weighted by Gasteiger charge is 2.43. The Bertz CT molecular complexity index is 1270. The van der Waals surface area contributed by atoms with Crippen LogP contribution in [0.15, 0.2) is 29.2 Å². The zero-order chi connectivity index (χ0) is 25.5. The normalized spacial score (nSPS) is 23.5. The number of sulfonamides is 1. The van der Waals surface area contributed by atoms with Crippen LogP contribution in [-0.4, -0.2) is 73.9 Å². The van der Waals surface area contributed by atoms with Gasteiger partial charge in [-0.1, -0.05) is 25.1 Å². The molecule has 3 aliphatic heterocycles. The first kappa shape index (κ1) is 25.1. The molecule has 2 atom stereocenters. The maximum atomic E-state index is 12.5. The van der Waals surface area contributed by atoms with Crippen LogP contribution in [0.5, 0.6) is 0 Å². The number of aryl methyl sites for hydroxylation is 1. The van der Waals surface area contributed by atoms with Crippen molar-refractivity contribution in [3.63, 3.8) is 0 Å². The van der Waals surface area contributed by atoms with Crippen LogP contribution in [0.4, 0.5) is 17.5 Å². The van der Waals surface area contributed by atoms with Crippen molar-refractivity contribution >= 4 is 45.1 Å². The monoisotopic (exact) mass is 530 g/mol. The zero-order valence-corrected chi connectivity index (χ0v) is 22.7. The van der Waals surface area contributed by atoms with E-state index in [0.29, 0.717) is 32.0 Å². The van der Waals surface area contributed by atoms with Crippen molar-refractivity contribution in [2.45, 2.75) is 55.4 Å². The highest BCUT2D eigenvalue weighted by atomic mass is 32.2. The smallest absolute Gasteiger partial charge is 0.232 e. The van der Waals surface area contributed by atoms with Gasteiger partial charge < -0.3 is 15.5 Å². The van der Waals surface area contributed by atoms with E-state index in [-0.39, 0.29) is 17.4 Å². The Morgan fingerprint density at radius 1 is 1.22 bits per heavy atom. The van der Waals surface area contributed by atoms with Gasteiger partial charge in [-0.2, -0.15) is 4.98 Å². The summed E-state index contributed by atoms with van der Waals surface area (Å²) < 4.78 is 26.5. The summed E-state index contributed by atoms with van der Waals surface area (Å²) in [7, 11) is -1.51. The fraction of sp³-hybridized carbons (Fsp3) is 0.560. The summed E-state index contributed by atoms with van der Waals surface area (Å²) in [5.41, 5.74) is 2.67. The molecule has 0 radical (unpaired) electrons. The molecule has 194 valence electrons. The van der Waals surface area contributed by atoms with Gasteiger partial charge in [-0.25, -0.2) is 13.4 Å². The number of anilines is 3. The number of carbonyl (C=O) groups is 1. The third-order valence-corrected chi connectivity index (χ3v) is 9.90.